The van der Waals surface area contributed by atoms with Crippen molar-refractivity contribution in [2.75, 3.05) is 11.9 Å². The van der Waals surface area contributed by atoms with Gasteiger partial charge >= 0.3 is 5.97 Å². The van der Waals surface area contributed by atoms with Crippen molar-refractivity contribution in [1.29, 1.82) is 0 Å². The second kappa shape index (κ2) is 6.00. The van der Waals surface area contributed by atoms with Gasteiger partial charge in [0.25, 0.3) is 0 Å². The first kappa shape index (κ1) is 14.0. The third-order valence-corrected chi connectivity index (χ3v) is 2.44. The Morgan fingerprint density at radius 3 is 2.67 bits per heavy atom. The van der Waals surface area contributed by atoms with Crippen molar-refractivity contribution in [3.63, 3.8) is 0 Å². The average molecular weight is 254 g/mol. The molecule has 5 nitrogen and oxygen atoms in total. The molecule has 1 unspecified atom stereocenters. The smallest absolute Gasteiger partial charge is 0.328 e. The van der Waals surface area contributed by atoms with Crippen LogP contribution in [0.4, 0.5) is 10.1 Å². The van der Waals surface area contributed by atoms with E-state index in [2.05, 4.69) is 10.6 Å². The molecule has 0 aliphatic heterocycles. The number of anilines is 1. The molecule has 1 atom stereocenters. The average Bonchev–Trinajstić information content (AvgIpc) is 2.28. The molecule has 0 radical (unpaired) electrons. The number of hydrogen-bond donors (Lipinski definition) is 3. The highest BCUT2D eigenvalue weighted by Crippen LogP contribution is 2.17. The number of carboxylic acid groups (broad SMARTS) is 1. The van der Waals surface area contributed by atoms with Gasteiger partial charge in [0.15, 0.2) is 0 Å². The highest BCUT2D eigenvalue weighted by Gasteiger charge is 2.18. The Bertz CT molecular complexity index is 463. The predicted molar refractivity (Wildman–Crippen MR) is 64.9 cm³/mol. The van der Waals surface area contributed by atoms with Gasteiger partial charge in [-0.25, -0.2) is 9.18 Å². The summed E-state index contributed by atoms with van der Waals surface area (Å²) in [7, 11) is 0. The molecule has 0 saturated carbocycles. The fourth-order valence-electron chi connectivity index (χ4n) is 1.46. The minimum Gasteiger partial charge on any atom is -0.480 e. The summed E-state index contributed by atoms with van der Waals surface area (Å²) in [6, 6.07) is 3.44. The molecule has 6 heteroatoms. The molecule has 98 valence electrons. The molecule has 3 N–H and O–H groups in total. The second-order valence-electron chi connectivity index (χ2n) is 3.88. The van der Waals surface area contributed by atoms with Gasteiger partial charge in [0.1, 0.15) is 11.9 Å². The van der Waals surface area contributed by atoms with Crippen molar-refractivity contribution >= 4 is 17.6 Å². The van der Waals surface area contributed by atoms with Gasteiger partial charge < -0.3 is 15.7 Å². The highest BCUT2D eigenvalue weighted by molar-refractivity contribution is 5.82. The highest BCUT2D eigenvalue weighted by atomic mass is 19.1. The molecule has 0 aliphatic carbocycles. The van der Waals surface area contributed by atoms with Crippen LogP contribution in [-0.2, 0) is 9.59 Å². The standard InChI is InChI=1S/C12H15FN2O3/c1-7-9(13)4-3-5-10(7)14-6-11(12(17)18)15-8(2)16/h3-5,11,14H,6H2,1-2H3,(H,15,16)(H,17,18). The van der Waals surface area contributed by atoms with Crippen LogP contribution in [0, 0.1) is 12.7 Å². The summed E-state index contributed by atoms with van der Waals surface area (Å²) in [5.74, 6) is -1.95. The number of carbonyl (C=O) groups excluding carboxylic acids is 1. The van der Waals surface area contributed by atoms with Crippen molar-refractivity contribution in [1.82, 2.24) is 5.32 Å². The summed E-state index contributed by atoms with van der Waals surface area (Å²) in [4.78, 5) is 21.7. The maximum Gasteiger partial charge on any atom is 0.328 e. The second-order valence-corrected chi connectivity index (χ2v) is 3.88. The van der Waals surface area contributed by atoms with E-state index in [1.807, 2.05) is 0 Å². The number of nitrogens with one attached hydrogen (secondary N) is 2. The van der Waals surface area contributed by atoms with Crippen LogP contribution in [0.5, 0.6) is 0 Å². The van der Waals surface area contributed by atoms with E-state index in [-0.39, 0.29) is 12.4 Å². The van der Waals surface area contributed by atoms with Crippen LogP contribution in [0.1, 0.15) is 12.5 Å². The van der Waals surface area contributed by atoms with Crippen molar-refractivity contribution in [2.45, 2.75) is 19.9 Å². The largest absolute Gasteiger partial charge is 0.480 e. The van der Waals surface area contributed by atoms with Crippen LogP contribution in [-0.4, -0.2) is 29.6 Å². The van der Waals surface area contributed by atoms with E-state index in [0.29, 0.717) is 11.3 Å². The Morgan fingerprint density at radius 2 is 2.11 bits per heavy atom. The quantitative estimate of drug-likeness (QED) is 0.736. The number of carboxylic acids is 1. The van der Waals surface area contributed by atoms with Gasteiger partial charge in [-0.05, 0) is 19.1 Å². The lowest BCUT2D eigenvalue weighted by Crippen LogP contribution is -2.44. The van der Waals surface area contributed by atoms with Crippen LogP contribution in [0.15, 0.2) is 18.2 Å². The fourth-order valence-corrected chi connectivity index (χ4v) is 1.46. The minimum absolute atomic E-state index is 0.0147. The van der Waals surface area contributed by atoms with Crippen LogP contribution in [0.25, 0.3) is 0 Å². The number of aliphatic carboxylic acids is 1. The molecule has 0 heterocycles. The number of benzene rings is 1. The number of carbonyl (C=O) groups is 2. The number of hydrogen-bond acceptors (Lipinski definition) is 3. The predicted octanol–water partition coefficient (Wildman–Crippen LogP) is 1.14. The van der Waals surface area contributed by atoms with Crippen LogP contribution in [0.3, 0.4) is 0 Å². The molecule has 0 aromatic heterocycles. The van der Waals surface area contributed by atoms with Gasteiger partial charge in [-0.3, -0.25) is 4.79 Å². The van der Waals surface area contributed by atoms with Crippen molar-refractivity contribution in [3.05, 3.63) is 29.6 Å². The van der Waals surface area contributed by atoms with Crippen molar-refractivity contribution in [2.24, 2.45) is 0 Å². The zero-order chi connectivity index (χ0) is 13.7. The lowest BCUT2D eigenvalue weighted by molar-refractivity contribution is -0.141. The zero-order valence-corrected chi connectivity index (χ0v) is 10.2. The Hall–Kier alpha value is -2.11. The molecule has 0 spiro atoms. The van der Waals surface area contributed by atoms with E-state index in [1.165, 1.54) is 19.1 Å². The number of rotatable bonds is 5. The third-order valence-electron chi connectivity index (χ3n) is 2.44. The van der Waals surface area contributed by atoms with E-state index in [0.717, 1.165) is 0 Å². The molecular formula is C12H15FN2O3. The minimum atomic E-state index is -1.15. The zero-order valence-electron chi connectivity index (χ0n) is 10.2. The van der Waals surface area contributed by atoms with Gasteiger partial charge in [-0.2, -0.15) is 0 Å². The van der Waals surface area contributed by atoms with E-state index < -0.39 is 17.9 Å². The fraction of sp³-hybridized carbons (Fsp3) is 0.333. The van der Waals surface area contributed by atoms with Gasteiger partial charge in [0.05, 0.1) is 0 Å². The van der Waals surface area contributed by atoms with E-state index in [1.54, 1.807) is 13.0 Å². The van der Waals surface area contributed by atoms with Crippen LogP contribution in [0.2, 0.25) is 0 Å². The van der Waals surface area contributed by atoms with Crippen LogP contribution < -0.4 is 10.6 Å². The first-order valence-electron chi connectivity index (χ1n) is 5.40. The summed E-state index contributed by atoms with van der Waals surface area (Å²) in [5.41, 5.74) is 0.913. The monoisotopic (exact) mass is 254 g/mol. The van der Waals surface area contributed by atoms with Gasteiger partial charge in [-0.15, -0.1) is 0 Å². The maximum absolute atomic E-state index is 13.2. The Kier molecular flexibility index (Phi) is 4.65. The number of halogens is 1. The Labute approximate surface area is 104 Å². The van der Waals surface area contributed by atoms with Crippen molar-refractivity contribution in [3.8, 4) is 0 Å². The third kappa shape index (κ3) is 3.73. The molecule has 0 bridgehead atoms. The normalized spacial score (nSPS) is 11.7. The molecule has 1 rings (SSSR count). The van der Waals surface area contributed by atoms with E-state index in [4.69, 9.17) is 5.11 Å². The summed E-state index contributed by atoms with van der Waals surface area (Å²) in [5, 5.41) is 14.0. The van der Waals surface area contributed by atoms with Gasteiger partial charge in [-0.1, -0.05) is 6.07 Å². The van der Waals surface area contributed by atoms with Gasteiger partial charge in [0, 0.05) is 24.7 Å². The summed E-state index contributed by atoms with van der Waals surface area (Å²) >= 11 is 0. The molecule has 1 amide bonds. The Balaban J connectivity index is 2.70. The molecule has 0 aliphatic rings. The molecule has 0 saturated heterocycles. The summed E-state index contributed by atoms with van der Waals surface area (Å²) in [6.45, 7) is 2.81. The summed E-state index contributed by atoms with van der Waals surface area (Å²) in [6.07, 6.45) is 0. The van der Waals surface area contributed by atoms with E-state index >= 15 is 0 Å². The van der Waals surface area contributed by atoms with Gasteiger partial charge in [0.2, 0.25) is 5.91 Å². The molecule has 0 fully saturated rings. The molecule has 1 aromatic carbocycles. The molecule has 18 heavy (non-hydrogen) atoms. The first-order chi connectivity index (χ1) is 8.41. The maximum atomic E-state index is 13.2. The number of amides is 1. The SMILES string of the molecule is CC(=O)NC(CNc1cccc(F)c1C)C(=O)O. The van der Waals surface area contributed by atoms with Crippen molar-refractivity contribution < 1.29 is 19.1 Å². The topological polar surface area (TPSA) is 78.4 Å². The van der Waals surface area contributed by atoms with E-state index in [9.17, 15) is 14.0 Å². The molecule has 1 aromatic rings. The first-order valence-corrected chi connectivity index (χ1v) is 5.40. The van der Waals surface area contributed by atoms with Crippen LogP contribution >= 0.6 is 0 Å². The lowest BCUT2D eigenvalue weighted by atomic mass is 10.2. The summed E-state index contributed by atoms with van der Waals surface area (Å²) < 4.78 is 13.2. The lowest BCUT2D eigenvalue weighted by Gasteiger charge is -2.16. The Morgan fingerprint density at radius 1 is 1.44 bits per heavy atom. The molecular weight excluding hydrogens is 239 g/mol.